The molecule has 0 aliphatic rings. The van der Waals surface area contributed by atoms with Crippen LogP contribution in [0.2, 0.25) is 0 Å². The molecular formula is C22H22N2O4S. The number of aromatic nitrogens is 1. The first kappa shape index (κ1) is 20.5. The molecule has 7 heteroatoms. The van der Waals surface area contributed by atoms with Crippen LogP contribution in [0.4, 0.5) is 0 Å². The van der Waals surface area contributed by atoms with E-state index in [4.69, 9.17) is 4.74 Å². The second-order valence-corrected chi connectivity index (χ2v) is 7.53. The van der Waals surface area contributed by atoms with Crippen LogP contribution in [-0.2, 0) is 22.4 Å². The highest BCUT2D eigenvalue weighted by atomic mass is 32.1. The maximum atomic E-state index is 12.5. The lowest BCUT2D eigenvalue weighted by molar-refractivity contribution is -0.145. The SMILES string of the molecule is COC(=O)C(CNC(=O)c1csc(Cc2ccccc2)n1)Cc1ccc(O)cc1. The molecule has 0 saturated carbocycles. The molecule has 0 spiro atoms. The number of hydrogen-bond donors (Lipinski definition) is 2. The summed E-state index contributed by atoms with van der Waals surface area (Å²) in [6.45, 7) is 0.137. The van der Waals surface area contributed by atoms with Crippen LogP contribution in [0.1, 0.15) is 26.6 Å². The molecule has 0 bridgehead atoms. The number of carbonyl (C=O) groups excluding carboxylic acids is 2. The first-order valence-corrected chi connectivity index (χ1v) is 10.1. The minimum atomic E-state index is -0.532. The molecule has 1 heterocycles. The number of methoxy groups -OCH3 is 1. The van der Waals surface area contributed by atoms with Gasteiger partial charge in [0.05, 0.1) is 18.0 Å². The second kappa shape index (κ2) is 9.84. The number of amides is 1. The molecule has 1 amide bonds. The Morgan fingerprint density at radius 3 is 2.52 bits per heavy atom. The monoisotopic (exact) mass is 410 g/mol. The molecule has 1 unspecified atom stereocenters. The van der Waals surface area contributed by atoms with Gasteiger partial charge in [-0.25, -0.2) is 4.98 Å². The minimum Gasteiger partial charge on any atom is -0.508 e. The lowest BCUT2D eigenvalue weighted by Crippen LogP contribution is -2.34. The number of thiazole rings is 1. The van der Waals surface area contributed by atoms with Gasteiger partial charge in [0.25, 0.3) is 5.91 Å². The largest absolute Gasteiger partial charge is 0.508 e. The number of hydrogen-bond acceptors (Lipinski definition) is 6. The average Bonchev–Trinajstić information content (AvgIpc) is 3.21. The van der Waals surface area contributed by atoms with Crippen LogP contribution >= 0.6 is 11.3 Å². The van der Waals surface area contributed by atoms with Gasteiger partial charge in [0.2, 0.25) is 0 Å². The van der Waals surface area contributed by atoms with Crippen LogP contribution in [0.5, 0.6) is 5.75 Å². The van der Waals surface area contributed by atoms with Crippen molar-refractivity contribution in [1.82, 2.24) is 10.3 Å². The maximum absolute atomic E-state index is 12.5. The van der Waals surface area contributed by atoms with E-state index >= 15 is 0 Å². The van der Waals surface area contributed by atoms with Crippen LogP contribution in [0.25, 0.3) is 0 Å². The molecule has 150 valence electrons. The quantitative estimate of drug-likeness (QED) is 0.557. The Morgan fingerprint density at radius 1 is 1.10 bits per heavy atom. The fraction of sp³-hybridized carbons (Fsp3) is 0.227. The zero-order valence-corrected chi connectivity index (χ0v) is 16.8. The summed E-state index contributed by atoms with van der Waals surface area (Å²) >= 11 is 1.43. The van der Waals surface area contributed by atoms with Gasteiger partial charge in [0.1, 0.15) is 11.4 Å². The third-order valence-electron chi connectivity index (χ3n) is 4.44. The van der Waals surface area contributed by atoms with Crippen molar-refractivity contribution in [2.45, 2.75) is 12.8 Å². The number of nitrogens with zero attached hydrogens (tertiary/aromatic N) is 1. The van der Waals surface area contributed by atoms with Crippen molar-refractivity contribution in [2.75, 3.05) is 13.7 Å². The molecule has 1 atom stereocenters. The molecule has 2 aromatic carbocycles. The Morgan fingerprint density at radius 2 is 1.83 bits per heavy atom. The summed E-state index contributed by atoms with van der Waals surface area (Å²) in [6, 6.07) is 16.5. The van der Waals surface area contributed by atoms with E-state index in [-0.39, 0.29) is 18.2 Å². The number of phenolic OH excluding ortho intramolecular Hbond substituents is 1. The lowest BCUT2D eigenvalue weighted by atomic mass is 9.99. The van der Waals surface area contributed by atoms with Crippen molar-refractivity contribution in [2.24, 2.45) is 5.92 Å². The zero-order chi connectivity index (χ0) is 20.6. The Balaban J connectivity index is 1.59. The van der Waals surface area contributed by atoms with E-state index in [1.165, 1.54) is 18.4 Å². The Hall–Kier alpha value is -3.19. The number of phenols is 1. The van der Waals surface area contributed by atoms with E-state index in [1.807, 2.05) is 30.3 Å². The predicted molar refractivity (Wildman–Crippen MR) is 111 cm³/mol. The third kappa shape index (κ3) is 5.89. The summed E-state index contributed by atoms with van der Waals surface area (Å²) in [5.74, 6) is -1.09. The molecule has 0 radical (unpaired) electrons. The van der Waals surface area contributed by atoms with Crippen LogP contribution < -0.4 is 5.32 Å². The van der Waals surface area contributed by atoms with E-state index in [0.717, 1.165) is 16.1 Å². The van der Waals surface area contributed by atoms with Gasteiger partial charge in [0, 0.05) is 18.3 Å². The van der Waals surface area contributed by atoms with Crippen molar-refractivity contribution in [3.05, 3.63) is 81.8 Å². The van der Waals surface area contributed by atoms with Crippen molar-refractivity contribution in [3.63, 3.8) is 0 Å². The second-order valence-electron chi connectivity index (χ2n) is 6.59. The van der Waals surface area contributed by atoms with Gasteiger partial charge in [-0.3, -0.25) is 9.59 Å². The first-order chi connectivity index (χ1) is 14.0. The normalized spacial score (nSPS) is 11.6. The molecule has 1 aromatic heterocycles. The molecule has 0 aliphatic heterocycles. The molecule has 3 rings (SSSR count). The van der Waals surface area contributed by atoms with Crippen molar-refractivity contribution < 1.29 is 19.4 Å². The van der Waals surface area contributed by atoms with Crippen molar-refractivity contribution >= 4 is 23.2 Å². The number of benzene rings is 2. The summed E-state index contributed by atoms with van der Waals surface area (Å²) in [6.07, 6.45) is 1.06. The van der Waals surface area contributed by atoms with Crippen LogP contribution in [0, 0.1) is 5.92 Å². The van der Waals surface area contributed by atoms with Crippen LogP contribution in [-0.4, -0.2) is 35.6 Å². The topological polar surface area (TPSA) is 88.5 Å². The predicted octanol–water partition coefficient (Wildman–Crippen LogP) is 3.20. The molecule has 2 N–H and O–H groups in total. The van der Waals surface area contributed by atoms with Gasteiger partial charge in [-0.05, 0) is 29.7 Å². The van der Waals surface area contributed by atoms with Gasteiger partial charge < -0.3 is 15.2 Å². The maximum Gasteiger partial charge on any atom is 0.310 e. The highest BCUT2D eigenvalue weighted by Gasteiger charge is 2.21. The summed E-state index contributed by atoms with van der Waals surface area (Å²) in [5, 5.41) is 14.7. The Labute approximate surface area is 173 Å². The van der Waals surface area contributed by atoms with Gasteiger partial charge in [-0.1, -0.05) is 42.5 Å². The molecular weight excluding hydrogens is 388 g/mol. The number of ether oxygens (including phenoxy) is 1. The number of rotatable bonds is 8. The van der Waals surface area contributed by atoms with Crippen molar-refractivity contribution in [3.8, 4) is 5.75 Å². The fourth-order valence-electron chi connectivity index (χ4n) is 2.90. The van der Waals surface area contributed by atoms with E-state index < -0.39 is 11.9 Å². The smallest absolute Gasteiger partial charge is 0.310 e. The van der Waals surface area contributed by atoms with Crippen LogP contribution in [0.15, 0.2) is 60.0 Å². The fourth-order valence-corrected chi connectivity index (χ4v) is 3.70. The molecule has 3 aromatic rings. The summed E-state index contributed by atoms with van der Waals surface area (Å²) in [7, 11) is 1.32. The highest BCUT2D eigenvalue weighted by molar-refractivity contribution is 7.09. The summed E-state index contributed by atoms with van der Waals surface area (Å²) < 4.78 is 4.86. The van der Waals surface area contributed by atoms with E-state index in [2.05, 4.69) is 10.3 Å². The van der Waals surface area contributed by atoms with E-state index in [9.17, 15) is 14.7 Å². The zero-order valence-electron chi connectivity index (χ0n) is 16.0. The molecule has 0 saturated heterocycles. The molecule has 0 aliphatic carbocycles. The van der Waals surface area contributed by atoms with Gasteiger partial charge >= 0.3 is 5.97 Å². The summed E-state index contributed by atoms with van der Waals surface area (Å²) in [5.41, 5.74) is 2.34. The number of nitrogens with one attached hydrogen (secondary N) is 1. The van der Waals surface area contributed by atoms with Gasteiger partial charge in [0.15, 0.2) is 0 Å². The minimum absolute atomic E-state index is 0.137. The van der Waals surface area contributed by atoms with Gasteiger partial charge in [-0.15, -0.1) is 11.3 Å². The average molecular weight is 410 g/mol. The number of esters is 1. The Kier molecular flexibility index (Phi) is 6.97. The standard InChI is InChI=1S/C22H22N2O4S/c1-28-22(27)17(11-16-7-9-18(25)10-8-16)13-23-21(26)19-14-29-20(24-19)12-15-5-3-2-4-6-15/h2-10,14,17,25H,11-13H2,1H3,(H,23,26). The first-order valence-electron chi connectivity index (χ1n) is 9.17. The molecule has 29 heavy (non-hydrogen) atoms. The Bertz CT molecular complexity index is 954. The number of carbonyl (C=O) groups is 2. The highest BCUT2D eigenvalue weighted by Crippen LogP contribution is 2.16. The summed E-state index contributed by atoms with van der Waals surface area (Å²) in [4.78, 5) is 29.0. The third-order valence-corrected chi connectivity index (χ3v) is 5.29. The van der Waals surface area contributed by atoms with Crippen molar-refractivity contribution in [1.29, 1.82) is 0 Å². The van der Waals surface area contributed by atoms with E-state index in [1.54, 1.807) is 29.6 Å². The van der Waals surface area contributed by atoms with Crippen LogP contribution in [0.3, 0.4) is 0 Å². The number of aromatic hydroxyl groups is 1. The van der Waals surface area contributed by atoms with E-state index in [0.29, 0.717) is 18.5 Å². The molecule has 0 fully saturated rings. The lowest BCUT2D eigenvalue weighted by Gasteiger charge is -2.15. The molecule has 6 nitrogen and oxygen atoms in total. The van der Waals surface area contributed by atoms with Gasteiger partial charge in [-0.2, -0.15) is 0 Å².